The summed E-state index contributed by atoms with van der Waals surface area (Å²) in [5.74, 6) is 0.792. The molecule has 8 nitrogen and oxygen atoms in total. The van der Waals surface area contributed by atoms with E-state index in [0.717, 1.165) is 43.3 Å². The van der Waals surface area contributed by atoms with Gasteiger partial charge in [-0.05, 0) is 31.4 Å². The Hall–Kier alpha value is -2.61. The van der Waals surface area contributed by atoms with Gasteiger partial charge in [-0.1, -0.05) is 18.6 Å². The van der Waals surface area contributed by atoms with Crippen LogP contribution in [0, 0.1) is 0 Å². The Morgan fingerprint density at radius 3 is 2.75 bits per heavy atom. The molecule has 2 N–H and O–H groups in total. The number of fused-ring (bicyclic) bond motifs is 3. The summed E-state index contributed by atoms with van der Waals surface area (Å²) in [6.07, 6.45) is 3.94. The first-order chi connectivity index (χ1) is 13.7. The minimum absolute atomic E-state index is 0.0797. The second-order valence-corrected chi connectivity index (χ2v) is 6.94. The molecule has 2 aromatic rings. The lowest BCUT2D eigenvalue weighted by Crippen LogP contribution is -2.39. The average molecular weight is 387 g/mol. The van der Waals surface area contributed by atoms with Gasteiger partial charge in [0.2, 0.25) is 11.9 Å². The van der Waals surface area contributed by atoms with E-state index in [9.17, 15) is 9.59 Å². The molecule has 0 bridgehead atoms. The highest BCUT2D eigenvalue weighted by Gasteiger charge is 2.27. The number of aromatic nitrogens is 2. The van der Waals surface area contributed by atoms with Crippen molar-refractivity contribution < 1.29 is 14.3 Å². The van der Waals surface area contributed by atoms with Crippen molar-refractivity contribution in [3.63, 3.8) is 0 Å². The van der Waals surface area contributed by atoms with Gasteiger partial charge in [-0.3, -0.25) is 9.69 Å². The third-order valence-corrected chi connectivity index (χ3v) is 4.87. The lowest BCUT2D eigenvalue weighted by molar-refractivity contribution is -0.121. The number of unbranched alkanes of at least 4 members (excludes halogenated alkanes) is 2. The molecule has 28 heavy (non-hydrogen) atoms. The standard InChI is InChI=1S/C20H29N5O3/c1-28-15-7-12-21-18(26)10-3-2-6-11-22-20(27)25-14-13-24-17-9-5-4-8-16(17)23-19(24)25/h4-5,8-9H,2-3,6-7,10-15H2,1H3,(H,21,26)(H,22,27). The Kier molecular flexibility index (Phi) is 7.25. The number of carbonyl (C=O) groups excluding carboxylic acids is 2. The molecule has 0 saturated heterocycles. The molecule has 0 unspecified atom stereocenters. The first-order valence-electron chi connectivity index (χ1n) is 9.97. The molecule has 3 rings (SSSR count). The summed E-state index contributed by atoms with van der Waals surface area (Å²) in [4.78, 5) is 30.4. The maximum Gasteiger partial charge on any atom is 0.324 e. The smallest absolute Gasteiger partial charge is 0.324 e. The zero-order valence-corrected chi connectivity index (χ0v) is 16.4. The first-order valence-corrected chi connectivity index (χ1v) is 9.97. The molecule has 0 saturated carbocycles. The fraction of sp³-hybridized carbons (Fsp3) is 0.550. The maximum atomic E-state index is 12.5. The van der Waals surface area contributed by atoms with Crippen LogP contribution < -0.4 is 15.5 Å². The number of carbonyl (C=O) groups is 2. The van der Waals surface area contributed by atoms with Crippen molar-refractivity contribution in [2.45, 2.75) is 38.6 Å². The minimum Gasteiger partial charge on any atom is -0.385 e. The predicted molar refractivity (Wildman–Crippen MR) is 108 cm³/mol. The summed E-state index contributed by atoms with van der Waals surface area (Å²) >= 11 is 0. The van der Waals surface area contributed by atoms with Gasteiger partial charge in [0.1, 0.15) is 0 Å². The van der Waals surface area contributed by atoms with Crippen LogP contribution in [-0.2, 0) is 16.1 Å². The molecule has 2 heterocycles. The summed E-state index contributed by atoms with van der Waals surface area (Å²) in [7, 11) is 1.65. The molecule has 0 atom stereocenters. The number of para-hydroxylation sites is 2. The second kappa shape index (κ2) is 10.1. The first kappa shape index (κ1) is 20.1. The second-order valence-electron chi connectivity index (χ2n) is 6.94. The molecule has 0 fully saturated rings. The Labute approximate surface area is 165 Å². The van der Waals surface area contributed by atoms with Gasteiger partial charge < -0.3 is 19.9 Å². The molecular weight excluding hydrogens is 358 g/mol. The number of rotatable bonds is 10. The quantitative estimate of drug-likeness (QED) is 0.612. The van der Waals surface area contributed by atoms with Crippen LogP contribution in [0.4, 0.5) is 10.7 Å². The van der Waals surface area contributed by atoms with E-state index < -0.39 is 0 Å². The predicted octanol–water partition coefficient (Wildman–Crippen LogP) is 2.28. The van der Waals surface area contributed by atoms with Crippen LogP contribution in [0.3, 0.4) is 0 Å². The van der Waals surface area contributed by atoms with E-state index in [2.05, 4.69) is 20.2 Å². The lowest BCUT2D eigenvalue weighted by atomic mass is 10.2. The van der Waals surface area contributed by atoms with Crippen LogP contribution in [0.1, 0.15) is 32.1 Å². The van der Waals surface area contributed by atoms with Gasteiger partial charge >= 0.3 is 6.03 Å². The zero-order valence-electron chi connectivity index (χ0n) is 16.4. The van der Waals surface area contributed by atoms with Gasteiger partial charge in [0.05, 0.1) is 11.0 Å². The summed E-state index contributed by atoms with van der Waals surface area (Å²) in [6.45, 7) is 3.33. The SMILES string of the molecule is COCCCNC(=O)CCCCCNC(=O)N1CCn2c1nc1ccccc12. The van der Waals surface area contributed by atoms with Gasteiger partial charge in [0, 0.05) is 46.3 Å². The number of nitrogens with one attached hydrogen (secondary N) is 2. The van der Waals surface area contributed by atoms with Crippen molar-refractivity contribution >= 4 is 28.9 Å². The molecule has 152 valence electrons. The molecule has 0 aliphatic carbocycles. The van der Waals surface area contributed by atoms with Gasteiger partial charge in [-0.2, -0.15) is 0 Å². The number of hydrogen-bond acceptors (Lipinski definition) is 4. The van der Waals surface area contributed by atoms with Gasteiger partial charge in [-0.15, -0.1) is 0 Å². The molecule has 1 aromatic carbocycles. The van der Waals surface area contributed by atoms with Gasteiger partial charge in [0.25, 0.3) is 0 Å². The van der Waals surface area contributed by atoms with E-state index in [0.29, 0.717) is 38.6 Å². The average Bonchev–Trinajstić information content (AvgIpc) is 3.27. The highest BCUT2D eigenvalue weighted by Crippen LogP contribution is 2.26. The number of nitrogens with zero attached hydrogens (tertiary/aromatic N) is 3. The maximum absolute atomic E-state index is 12.5. The third-order valence-electron chi connectivity index (χ3n) is 4.87. The normalized spacial score (nSPS) is 13.0. The fourth-order valence-corrected chi connectivity index (χ4v) is 3.39. The van der Waals surface area contributed by atoms with Crippen molar-refractivity contribution in [1.82, 2.24) is 20.2 Å². The van der Waals surface area contributed by atoms with E-state index >= 15 is 0 Å². The number of hydrogen-bond donors (Lipinski definition) is 2. The molecule has 0 radical (unpaired) electrons. The van der Waals surface area contributed by atoms with E-state index in [1.807, 2.05) is 24.3 Å². The van der Waals surface area contributed by atoms with Crippen molar-refractivity contribution in [2.24, 2.45) is 0 Å². The lowest BCUT2D eigenvalue weighted by Gasteiger charge is -2.15. The number of methoxy groups -OCH3 is 1. The number of anilines is 1. The molecule has 1 aliphatic rings. The van der Waals surface area contributed by atoms with Crippen LogP contribution in [0.5, 0.6) is 0 Å². The molecule has 8 heteroatoms. The van der Waals surface area contributed by atoms with Crippen LogP contribution >= 0.6 is 0 Å². The molecular formula is C20H29N5O3. The van der Waals surface area contributed by atoms with Gasteiger partial charge in [-0.25, -0.2) is 9.78 Å². The number of urea groups is 1. The third kappa shape index (κ3) is 5.01. The zero-order chi connectivity index (χ0) is 19.8. The van der Waals surface area contributed by atoms with E-state index in [-0.39, 0.29) is 11.9 Å². The Bertz CT molecular complexity index is 804. The fourth-order valence-electron chi connectivity index (χ4n) is 3.39. The van der Waals surface area contributed by atoms with Crippen molar-refractivity contribution in [3.05, 3.63) is 24.3 Å². The van der Waals surface area contributed by atoms with Crippen molar-refractivity contribution in [2.75, 3.05) is 38.3 Å². The summed E-state index contributed by atoms with van der Waals surface area (Å²) < 4.78 is 7.03. The summed E-state index contributed by atoms with van der Waals surface area (Å²) in [6, 6.07) is 7.82. The molecule has 0 spiro atoms. The largest absolute Gasteiger partial charge is 0.385 e. The van der Waals surface area contributed by atoms with Crippen LogP contribution in [0.25, 0.3) is 11.0 Å². The number of benzene rings is 1. The Balaban J connectivity index is 1.32. The van der Waals surface area contributed by atoms with E-state index in [4.69, 9.17) is 4.74 Å². The number of amides is 3. The Morgan fingerprint density at radius 2 is 1.89 bits per heavy atom. The highest BCUT2D eigenvalue weighted by atomic mass is 16.5. The summed E-state index contributed by atoms with van der Waals surface area (Å²) in [5.41, 5.74) is 1.98. The number of ether oxygens (including phenoxy) is 1. The summed E-state index contributed by atoms with van der Waals surface area (Å²) in [5, 5.41) is 5.84. The van der Waals surface area contributed by atoms with Crippen molar-refractivity contribution in [1.29, 1.82) is 0 Å². The topological polar surface area (TPSA) is 88.5 Å². The molecule has 1 aliphatic heterocycles. The number of imidazole rings is 1. The monoisotopic (exact) mass is 387 g/mol. The highest BCUT2D eigenvalue weighted by molar-refractivity contribution is 5.93. The van der Waals surface area contributed by atoms with E-state index in [1.54, 1.807) is 12.0 Å². The van der Waals surface area contributed by atoms with Gasteiger partial charge in [0.15, 0.2) is 0 Å². The van der Waals surface area contributed by atoms with E-state index in [1.165, 1.54) is 0 Å². The van der Waals surface area contributed by atoms with Crippen LogP contribution in [0.15, 0.2) is 24.3 Å². The molecule has 1 aromatic heterocycles. The van der Waals surface area contributed by atoms with Crippen molar-refractivity contribution in [3.8, 4) is 0 Å². The minimum atomic E-state index is -0.107. The Morgan fingerprint density at radius 1 is 1.07 bits per heavy atom. The van der Waals surface area contributed by atoms with Crippen LogP contribution in [0.2, 0.25) is 0 Å². The van der Waals surface area contributed by atoms with Crippen LogP contribution in [-0.4, -0.2) is 54.8 Å². The molecule has 3 amide bonds.